The van der Waals surface area contributed by atoms with Crippen molar-refractivity contribution in [2.24, 2.45) is 5.92 Å². The SMILES string of the molecule is CC(C)c1cc(C(=O)N2CC[C@H](Oc3ccc(F)cc3)[C@@H](CC(=O)N3CCCCC3)C2)on1. The van der Waals surface area contributed by atoms with Crippen molar-refractivity contribution in [3.8, 4) is 5.75 Å². The first kappa shape index (κ1) is 23.3. The number of amides is 2. The molecule has 178 valence electrons. The Balaban J connectivity index is 1.48. The molecule has 0 bridgehead atoms. The van der Waals surface area contributed by atoms with Gasteiger partial charge >= 0.3 is 0 Å². The van der Waals surface area contributed by atoms with Crippen molar-refractivity contribution in [1.82, 2.24) is 15.0 Å². The molecule has 0 saturated carbocycles. The van der Waals surface area contributed by atoms with Crippen molar-refractivity contribution in [2.45, 2.75) is 58.0 Å². The Bertz CT molecular complexity index is 953. The van der Waals surface area contributed by atoms with Crippen molar-refractivity contribution in [1.29, 1.82) is 0 Å². The maximum absolute atomic E-state index is 13.3. The van der Waals surface area contributed by atoms with Gasteiger partial charge in [-0.25, -0.2) is 4.39 Å². The van der Waals surface area contributed by atoms with Crippen LogP contribution in [0.5, 0.6) is 5.75 Å². The van der Waals surface area contributed by atoms with Crippen molar-refractivity contribution >= 4 is 11.8 Å². The molecule has 4 rings (SSSR count). The Morgan fingerprint density at radius 3 is 2.52 bits per heavy atom. The fourth-order valence-corrected chi connectivity index (χ4v) is 4.55. The number of ether oxygens (including phenoxy) is 1. The van der Waals surface area contributed by atoms with Crippen LogP contribution in [-0.2, 0) is 4.79 Å². The molecule has 0 spiro atoms. The molecule has 2 atom stereocenters. The van der Waals surface area contributed by atoms with Crippen LogP contribution >= 0.6 is 0 Å². The molecule has 0 aliphatic carbocycles. The number of nitrogens with zero attached hydrogens (tertiary/aromatic N) is 3. The topological polar surface area (TPSA) is 75.9 Å². The lowest BCUT2D eigenvalue weighted by Gasteiger charge is -2.39. The zero-order valence-electron chi connectivity index (χ0n) is 19.3. The summed E-state index contributed by atoms with van der Waals surface area (Å²) in [6.07, 6.45) is 3.85. The van der Waals surface area contributed by atoms with Crippen LogP contribution in [0, 0.1) is 11.7 Å². The third-order valence-corrected chi connectivity index (χ3v) is 6.53. The van der Waals surface area contributed by atoms with Gasteiger partial charge in [-0.15, -0.1) is 0 Å². The van der Waals surface area contributed by atoms with Crippen LogP contribution in [0.15, 0.2) is 34.9 Å². The minimum Gasteiger partial charge on any atom is -0.490 e. The Labute approximate surface area is 193 Å². The highest BCUT2D eigenvalue weighted by Gasteiger charge is 2.36. The number of likely N-dealkylation sites (tertiary alicyclic amines) is 2. The number of piperidine rings is 2. The lowest BCUT2D eigenvalue weighted by Crippen LogP contribution is -2.49. The number of carbonyl (C=O) groups excluding carboxylic acids is 2. The Kier molecular flexibility index (Phi) is 7.30. The van der Waals surface area contributed by atoms with Gasteiger partial charge < -0.3 is 19.1 Å². The summed E-state index contributed by atoms with van der Waals surface area (Å²) in [7, 11) is 0. The molecule has 2 aliphatic rings. The Hall–Kier alpha value is -2.90. The molecule has 1 aromatic carbocycles. The van der Waals surface area contributed by atoms with Crippen molar-refractivity contribution in [3.05, 3.63) is 47.6 Å². The number of aromatic nitrogens is 1. The first-order valence-electron chi connectivity index (χ1n) is 11.9. The second-order valence-electron chi connectivity index (χ2n) is 9.33. The molecular formula is C25H32FN3O4. The van der Waals surface area contributed by atoms with Gasteiger partial charge in [0.25, 0.3) is 5.91 Å². The average molecular weight is 458 g/mol. The van der Waals surface area contributed by atoms with Crippen LogP contribution in [-0.4, -0.2) is 59.1 Å². The van der Waals surface area contributed by atoms with E-state index in [-0.39, 0.29) is 41.3 Å². The van der Waals surface area contributed by atoms with Gasteiger partial charge in [0.15, 0.2) is 0 Å². The number of halogens is 1. The molecule has 2 aromatic rings. The molecule has 1 aromatic heterocycles. The van der Waals surface area contributed by atoms with E-state index in [1.165, 1.54) is 12.1 Å². The molecule has 2 saturated heterocycles. The molecule has 0 radical (unpaired) electrons. The molecule has 7 nitrogen and oxygen atoms in total. The van der Waals surface area contributed by atoms with E-state index in [0.717, 1.165) is 38.0 Å². The first-order valence-corrected chi connectivity index (χ1v) is 11.9. The molecule has 2 aliphatic heterocycles. The molecule has 3 heterocycles. The summed E-state index contributed by atoms with van der Waals surface area (Å²) in [4.78, 5) is 29.8. The summed E-state index contributed by atoms with van der Waals surface area (Å²) in [5, 5.41) is 4.00. The highest BCUT2D eigenvalue weighted by molar-refractivity contribution is 5.91. The van der Waals surface area contributed by atoms with E-state index < -0.39 is 0 Å². The molecule has 2 fully saturated rings. The van der Waals surface area contributed by atoms with E-state index in [1.807, 2.05) is 18.7 Å². The smallest absolute Gasteiger partial charge is 0.292 e. The van der Waals surface area contributed by atoms with Crippen LogP contribution in [0.4, 0.5) is 4.39 Å². The highest BCUT2D eigenvalue weighted by atomic mass is 19.1. The van der Waals surface area contributed by atoms with Gasteiger partial charge in [0.1, 0.15) is 17.7 Å². The Morgan fingerprint density at radius 1 is 1.12 bits per heavy atom. The molecule has 2 amide bonds. The van der Waals surface area contributed by atoms with Crippen molar-refractivity contribution in [3.63, 3.8) is 0 Å². The third-order valence-electron chi connectivity index (χ3n) is 6.53. The molecule has 0 unspecified atom stereocenters. The van der Waals surface area contributed by atoms with Crippen molar-refractivity contribution in [2.75, 3.05) is 26.2 Å². The van der Waals surface area contributed by atoms with E-state index in [1.54, 1.807) is 23.1 Å². The van der Waals surface area contributed by atoms with Crippen molar-refractivity contribution < 1.29 is 23.2 Å². The van der Waals surface area contributed by atoms with E-state index in [4.69, 9.17) is 9.26 Å². The number of benzene rings is 1. The zero-order chi connectivity index (χ0) is 23.4. The monoisotopic (exact) mass is 457 g/mol. The summed E-state index contributed by atoms with van der Waals surface area (Å²) in [6.45, 7) is 6.43. The van der Waals surface area contributed by atoms with Crippen LogP contribution in [0.1, 0.15) is 68.1 Å². The van der Waals surface area contributed by atoms with Gasteiger partial charge in [-0.2, -0.15) is 0 Å². The third kappa shape index (κ3) is 5.72. The molecule has 33 heavy (non-hydrogen) atoms. The van der Waals surface area contributed by atoms with Gasteiger partial charge in [0.2, 0.25) is 11.7 Å². The maximum Gasteiger partial charge on any atom is 0.292 e. The quantitative estimate of drug-likeness (QED) is 0.648. The predicted octanol–water partition coefficient (Wildman–Crippen LogP) is 4.25. The summed E-state index contributed by atoms with van der Waals surface area (Å²) in [5.74, 6) is 0.335. The zero-order valence-corrected chi connectivity index (χ0v) is 19.3. The minimum atomic E-state index is -0.326. The lowest BCUT2D eigenvalue weighted by molar-refractivity contribution is -0.134. The molecule has 8 heteroatoms. The summed E-state index contributed by atoms with van der Waals surface area (Å²) in [5.41, 5.74) is 0.740. The maximum atomic E-state index is 13.3. The fourth-order valence-electron chi connectivity index (χ4n) is 4.55. The first-order chi connectivity index (χ1) is 15.9. The van der Waals surface area contributed by atoms with Crippen LogP contribution in [0.25, 0.3) is 0 Å². The lowest BCUT2D eigenvalue weighted by atomic mass is 9.90. The van der Waals surface area contributed by atoms with Gasteiger partial charge in [-0.3, -0.25) is 9.59 Å². The number of hydrogen-bond donors (Lipinski definition) is 0. The summed E-state index contributed by atoms with van der Waals surface area (Å²) >= 11 is 0. The van der Waals surface area contributed by atoms with Gasteiger partial charge in [-0.05, 0) is 49.4 Å². The molecular weight excluding hydrogens is 425 g/mol. The van der Waals surface area contributed by atoms with Crippen LogP contribution in [0.2, 0.25) is 0 Å². The van der Waals surface area contributed by atoms with Crippen LogP contribution < -0.4 is 4.74 Å². The van der Waals surface area contributed by atoms with Gasteiger partial charge in [0.05, 0.1) is 5.69 Å². The normalized spacial score (nSPS) is 21.3. The van der Waals surface area contributed by atoms with Crippen LogP contribution in [0.3, 0.4) is 0 Å². The minimum absolute atomic E-state index is 0.100. The number of hydrogen-bond acceptors (Lipinski definition) is 5. The average Bonchev–Trinajstić information content (AvgIpc) is 3.32. The second-order valence-corrected chi connectivity index (χ2v) is 9.33. The number of rotatable bonds is 6. The summed E-state index contributed by atoms with van der Waals surface area (Å²) in [6, 6.07) is 7.61. The summed E-state index contributed by atoms with van der Waals surface area (Å²) < 4.78 is 24.8. The van der Waals surface area contributed by atoms with E-state index in [0.29, 0.717) is 31.7 Å². The van der Waals surface area contributed by atoms with E-state index in [9.17, 15) is 14.0 Å². The highest BCUT2D eigenvalue weighted by Crippen LogP contribution is 2.28. The fraction of sp³-hybridized carbons (Fsp3) is 0.560. The second kappa shape index (κ2) is 10.4. The number of carbonyl (C=O) groups is 2. The standard InChI is InChI=1S/C25H32FN3O4/c1-17(2)21-15-23(33-27-21)25(31)29-13-10-22(32-20-8-6-19(26)7-9-20)18(16-29)14-24(30)28-11-4-3-5-12-28/h6-9,15,17-18,22H,3-5,10-14,16H2,1-2H3/t18-,22-/m0/s1. The van der Waals surface area contributed by atoms with Gasteiger partial charge in [0, 0.05) is 51.0 Å². The molecule has 0 N–H and O–H groups in total. The van der Waals surface area contributed by atoms with E-state index in [2.05, 4.69) is 5.16 Å². The predicted molar refractivity (Wildman–Crippen MR) is 120 cm³/mol. The van der Waals surface area contributed by atoms with E-state index >= 15 is 0 Å². The largest absolute Gasteiger partial charge is 0.490 e. The van der Waals surface area contributed by atoms with Gasteiger partial charge in [-0.1, -0.05) is 19.0 Å². The Morgan fingerprint density at radius 2 is 1.85 bits per heavy atom.